The number of aryl methyl sites for hydroxylation is 1. The number of hydrogen-bond acceptors (Lipinski definition) is 3. The number of sulfonamides is 1. The summed E-state index contributed by atoms with van der Waals surface area (Å²) >= 11 is 0. The number of anilines is 2. The molecule has 5 nitrogen and oxygen atoms in total. The Kier molecular flexibility index (Phi) is 5.98. The van der Waals surface area contributed by atoms with Crippen LogP contribution in [-0.2, 0) is 14.8 Å². The van der Waals surface area contributed by atoms with Crippen LogP contribution in [0.2, 0.25) is 0 Å². The molecular formula is C22H21FN2O3S. The van der Waals surface area contributed by atoms with Crippen molar-refractivity contribution >= 4 is 27.3 Å². The Morgan fingerprint density at radius 3 is 2.03 bits per heavy atom. The van der Waals surface area contributed by atoms with Crippen molar-refractivity contribution in [2.45, 2.75) is 11.8 Å². The molecule has 0 bridgehead atoms. The molecule has 0 aromatic heterocycles. The highest BCUT2D eigenvalue weighted by molar-refractivity contribution is 7.92. The maximum absolute atomic E-state index is 13.4. The minimum absolute atomic E-state index is 0.0580. The summed E-state index contributed by atoms with van der Waals surface area (Å²) in [6, 6.07) is 20.3. The van der Waals surface area contributed by atoms with Gasteiger partial charge in [-0.15, -0.1) is 0 Å². The van der Waals surface area contributed by atoms with Gasteiger partial charge in [-0.25, -0.2) is 12.8 Å². The number of benzene rings is 3. The zero-order chi connectivity index (χ0) is 21.0. The number of nitrogens with zero attached hydrogens (tertiary/aromatic N) is 2. The molecule has 7 heteroatoms. The van der Waals surface area contributed by atoms with Crippen LogP contribution in [0.5, 0.6) is 0 Å². The number of carbonyl (C=O) groups is 1. The van der Waals surface area contributed by atoms with Crippen molar-refractivity contribution in [3.8, 4) is 0 Å². The molecule has 0 aliphatic heterocycles. The molecule has 3 aromatic carbocycles. The number of amides is 1. The fourth-order valence-electron chi connectivity index (χ4n) is 2.78. The van der Waals surface area contributed by atoms with Gasteiger partial charge in [0.15, 0.2) is 0 Å². The third-order valence-electron chi connectivity index (χ3n) is 4.52. The molecule has 0 saturated carbocycles. The zero-order valence-corrected chi connectivity index (χ0v) is 16.9. The van der Waals surface area contributed by atoms with Crippen molar-refractivity contribution in [1.29, 1.82) is 0 Å². The number of para-hydroxylation sites is 1. The Bertz CT molecular complexity index is 1080. The first-order chi connectivity index (χ1) is 13.8. The lowest BCUT2D eigenvalue weighted by atomic mass is 10.2. The second-order valence-electron chi connectivity index (χ2n) is 6.59. The van der Waals surface area contributed by atoms with Crippen LogP contribution in [0.15, 0.2) is 83.8 Å². The molecule has 29 heavy (non-hydrogen) atoms. The van der Waals surface area contributed by atoms with E-state index in [1.807, 2.05) is 13.0 Å². The van der Waals surface area contributed by atoms with Gasteiger partial charge in [0, 0.05) is 12.7 Å². The Labute approximate surface area is 170 Å². The predicted octanol–water partition coefficient (Wildman–Crippen LogP) is 3.99. The first-order valence-electron chi connectivity index (χ1n) is 8.95. The molecule has 3 rings (SSSR count). The highest BCUT2D eigenvalue weighted by Crippen LogP contribution is 2.25. The molecule has 0 saturated heterocycles. The lowest BCUT2D eigenvalue weighted by Gasteiger charge is -2.26. The third kappa shape index (κ3) is 4.63. The van der Waals surface area contributed by atoms with Gasteiger partial charge in [0.05, 0.1) is 10.6 Å². The molecule has 3 aromatic rings. The maximum atomic E-state index is 13.4. The topological polar surface area (TPSA) is 57.7 Å². The number of rotatable bonds is 6. The van der Waals surface area contributed by atoms with Gasteiger partial charge in [-0.05, 0) is 55.5 Å². The summed E-state index contributed by atoms with van der Waals surface area (Å²) in [5.41, 5.74) is 1.77. The van der Waals surface area contributed by atoms with Crippen LogP contribution in [0.3, 0.4) is 0 Å². The summed E-state index contributed by atoms with van der Waals surface area (Å²) in [6.45, 7) is 1.43. The summed E-state index contributed by atoms with van der Waals surface area (Å²) in [6.07, 6.45) is 0. The van der Waals surface area contributed by atoms with E-state index < -0.39 is 28.3 Å². The third-order valence-corrected chi connectivity index (χ3v) is 6.31. The quantitative estimate of drug-likeness (QED) is 0.615. The number of likely N-dealkylation sites (N-methyl/N-ethyl adjacent to an activating group) is 1. The molecule has 0 aliphatic carbocycles. The molecule has 0 heterocycles. The minimum Gasteiger partial charge on any atom is -0.314 e. The van der Waals surface area contributed by atoms with E-state index in [4.69, 9.17) is 0 Å². The van der Waals surface area contributed by atoms with Crippen LogP contribution in [0, 0.1) is 12.7 Å². The Balaban J connectivity index is 1.98. The van der Waals surface area contributed by atoms with E-state index in [1.54, 1.807) is 43.4 Å². The molecule has 0 unspecified atom stereocenters. The summed E-state index contributed by atoms with van der Waals surface area (Å²) < 4.78 is 41.0. The lowest BCUT2D eigenvalue weighted by molar-refractivity contribution is -0.116. The van der Waals surface area contributed by atoms with Crippen LogP contribution in [0.1, 0.15) is 5.56 Å². The first-order valence-corrected chi connectivity index (χ1v) is 10.4. The van der Waals surface area contributed by atoms with Crippen molar-refractivity contribution in [1.82, 2.24) is 0 Å². The van der Waals surface area contributed by atoms with E-state index in [-0.39, 0.29) is 10.6 Å². The van der Waals surface area contributed by atoms with E-state index >= 15 is 0 Å². The van der Waals surface area contributed by atoms with Crippen molar-refractivity contribution in [3.63, 3.8) is 0 Å². The average Bonchev–Trinajstić information content (AvgIpc) is 2.73. The van der Waals surface area contributed by atoms with Gasteiger partial charge in [-0.2, -0.15) is 0 Å². The normalized spacial score (nSPS) is 11.1. The average molecular weight is 412 g/mol. The number of hydrogen-bond donors (Lipinski definition) is 0. The number of halogens is 1. The standard InChI is InChI=1S/C22H21FN2O3S/c1-17-8-14-21(15-9-17)29(27,28)25(20-12-10-18(23)11-13-20)16-22(26)24(2)19-6-4-3-5-7-19/h3-15H,16H2,1-2H3. The summed E-state index contributed by atoms with van der Waals surface area (Å²) in [5.74, 6) is -0.912. The molecule has 0 atom stereocenters. The smallest absolute Gasteiger partial charge is 0.264 e. The molecule has 0 spiro atoms. The predicted molar refractivity (Wildman–Crippen MR) is 112 cm³/mol. The summed E-state index contributed by atoms with van der Waals surface area (Å²) in [4.78, 5) is 14.3. The monoisotopic (exact) mass is 412 g/mol. The van der Waals surface area contributed by atoms with Gasteiger partial charge in [0.2, 0.25) is 5.91 Å². The van der Waals surface area contributed by atoms with Crippen LogP contribution >= 0.6 is 0 Å². The highest BCUT2D eigenvalue weighted by atomic mass is 32.2. The van der Waals surface area contributed by atoms with E-state index in [2.05, 4.69) is 0 Å². The first kappa shape index (κ1) is 20.5. The fraction of sp³-hybridized carbons (Fsp3) is 0.136. The second-order valence-corrected chi connectivity index (χ2v) is 8.45. The SMILES string of the molecule is Cc1ccc(S(=O)(=O)N(CC(=O)N(C)c2ccccc2)c2ccc(F)cc2)cc1. The molecule has 0 fully saturated rings. The van der Waals surface area contributed by atoms with E-state index in [0.717, 1.165) is 9.87 Å². The molecule has 1 amide bonds. The Hall–Kier alpha value is -3.19. The molecule has 0 N–H and O–H groups in total. The summed E-state index contributed by atoms with van der Waals surface area (Å²) in [7, 11) is -2.45. The fourth-order valence-corrected chi connectivity index (χ4v) is 4.20. The zero-order valence-electron chi connectivity index (χ0n) is 16.1. The van der Waals surface area contributed by atoms with Gasteiger partial charge < -0.3 is 4.90 Å². The minimum atomic E-state index is -4.03. The van der Waals surface area contributed by atoms with Crippen molar-refractivity contribution in [3.05, 3.63) is 90.2 Å². The van der Waals surface area contributed by atoms with Crippen LogP contribution in [0.25, 0.3) is 0 Å². The van der Waals surface area contributed by atoms with Crippen LogP contribution in [0.4, 0.5) is 15.8 Å². The molecule has 0 radical (unpaired) electrons. The molecular weight excluding hydrogens is 391 g/mol. The van der Waals surface area contributed by atoms with Gasteiger partial charge in [-0.1, -0.05) is 35.9 Å². The Morgan fingerprint density at radius 2 is 1.45 bits per heavy atom. The lowest BCUT2D eigenvalue weighted by Crippen LogP contribution is -2.41. The van der Waals surface area contributed by atoms with E-state index in [0.29, 0.717) is 5.69 Å². The molecule has 150 valence electrons. The largest absolute Gasteiger partial charge is 0.314 e. The summed E-state index contributed by atoms with van der Waals surface area (Å²) in [5, 5.41) is 0. The maximum Gasteiger partial charge on any atom is 0.264 e. The second kappa shape index (κ2) is 8.45. The molecule has 0 aliphatic rings. The van der Waals surface area contributed by atoms with Crippen molar-refractivity contribution < 1.29 is 17.6 Å². The highest BCUT2D eigenvalue weighted by Gasteiger charge is 2.28. The van der Waals surface area contributed by atoms with Crippen molar-refractivity contribution in [2.24, 2.45) is 0 Å². The van der Waals surface area contributed by atoms with E-state index in [9.17, 15) is 17.6 Å². The number of carbonyl (C=O) groups excluding carboxylic acids is 1. The van der Waals surface area contributed by atoms with Gasteiger partial charge >= 0.3 is 0 Å². The van der Waals surface area contributed by atoms with Gasteiger partial charge in [0.25, 0.3) is 10.0 Å². The van der Waals surface area contributed by atoms with Crippen LogP contribution in [-0.4, -0.2) is 27.9 Å². The Morgan fingerprint density at radius 1 is 0.862 bits per heavy atom. The van der Waals surface area contributed by atoms with Gasteiger partial charge in [0.1, 0.15) is 12.4 Å². The van der Waals surface area contributed by atoms with E-state index in [1.165, 1.54) is 41.3 Å². The van der Waals surface area contributed by atoms with Gasteiger partial charge in [-0.3, -0.25) is 9.10 Å². The van der Waals surface area contributed by atoms with Crippen LogP contribution < -0.4 is 9.21 Å². The van der Waals surface area contributed by atoms with Crippen molar-refractivity contribution in [2.75, 3.05) is 22.8 Å².